The van der Waals surface area contributed by atoms with Crippen molar-refractivity contribution in [1.29, 1.82) is 0 Å². The van der Waals surface area contributed by atoms with Crippen LogP contribution in [0.5, 0.6) is 0 Å². The third kappa shape index (κ3) is 3.16. The van der Waals surface area contributed by atoms with Crippen molar-refractivity contribution in [2.24, 2.45) is 0 Å². The Kier molecular flexibility index (Phi) is 4.00. The van der Waals surface area contributed by atoms with Crippen LogP contribution in [0.25, 0.3) is 6.08 Å². The van der Waals surface area contributed by atoms with Crippen LogP contribution >= 0.6 is 0 Å². The van der Waals surface area contributed by atoms with Crippen molar-refractivity contribution in [3.63, 3.8) is 0 Å². The Labute approximate surface area is 131 Å². The summed E-state index contributed by atoms with van der Waals surface area (Å²) >= 11 is 0. The topological polar surface area (TPSA) is 29.5 Å². The molecule has 23 heavy (non-hydrogen) atoms. The third-order valence-electron chi connectivity index (χ3n) is 3.93. The standard InChI is InChI=1S/C18H15F3O2/c19-18(20,21)15-8-6-13(7-9-15)10-16-11-23-12-17(16,22)14-4-2-1-3-5-14/h1-10,22H,11-12H2/b16-10+/t17-/m0/s1. The summed E-state index contributed by atoms with van der Waals surface area (Å²) in [5.74, 6) is 0. The fraction of sp³-hybridized carbons (Fsp3) is 0.222. The zero-order chi connectivity index (χ0) is 16.5. The first-order valence-electron chi connectivity index (χ1n) is 7.13. The van der Waals surface area contributed by atoms with Crippen molar-refractivity contribution in [2.45, 2.75) is 11.8 Å². The molecule has 120 valence electrons. The average molecular weight is 320 g/mol. The van der Waals surface area contributed by atoms with Crippen molar-refractivity contribution >= 4 is 6.08 Å². The molecule has 1 aliphatic rings. The van der Waals surface area contributed by atoms with Gasteiger partial charge in [0.05, 0.1) is 18.8 Å². The minimum Gasteiger partial charge on any atom is -0.378 e. The van der Waals surface area contributed by atoms with Gasteiger partial charge in [0.25, 0.3) is 0 Å². The molecule has 0 bridgehead atoms. The van der Waals surface area contributed by atoms with Gasteiger partial charge in [0.2, 0.25) is 0 Å². The van der Waals surface area contributed by atoms with E-state index in [-0.39, 0.29) is 13.2 Å². The van der Waals surface area contributed by atoms with Gasteiger partial charge in [0.1, 0.15) is 5.60 Å². The van der Waals surface area contributed by atoms with Gasteiger partial charge in [-0.15, -0.1) is 0 Å². The van der Waals surface area contributed by atoms with E-state index in [1.54, 1.807) is 18.2 Å². The number of ether oxygens (including phenoxy) is 1. The summed E-state index contributed by atoms with van der Waals surface area (Å²) in [7, 11) is 0. The van der Waals surface area contributed by atoms with Crippen LogP contribution < -0.4 is 0 Å². The largest absolute Gasteiger partial charge is 0.416 e. The van der Waals surface area contributed by atoms with E-state index in [2.05, 4.69) is 0 Å². The molecule has 0 aliphatic carbocycles. The van der Waals surface area contributed by atoms with E-state index in [4.69, 9.17) is 4.74 Å². The number of hydrogen-bond acceptors (Lipinski definition) is 2. The maximum absolute atomic E-state index is 12.6. The Bertz CT molecular complexity index is 705. The molecule has 0 saturated carbocycles. The molecule has 1 atom stereocenters. The molecule has 2 aromatic rings. The Morgan fingerprint density at radius 1 is 1.00 bits per heavy atom. The minimum absolute atomic E-state index is 0.128. The van der Waals surface area contributed by atoms with Crippen LogP contribution in [0.3, 0.4) is 0 Å². The molecule has 0 amide bonds. The summed E-state index contributed by atoms with van der Waals surface area (Å²) in [4.78, 5) is 0. The lowest BCUT2D eigenvalue weighted by atomic mass is 9.87. The van der Waals surface area contributed by atoms with E-state index in [1.807, 2.05) is 18.2 Å². The quantitative estimate of drug-likeness (QED) is 0.906. The molecule has 5 heteroatoms. The first-order chi connectivity index (χ1) is 10.9. The number of benzene rings is 2. The highest BCUT2D eigenvalue weighted by molar-refractivity contribution is 5.58. The van der Waals surface area contributed by atoms with Gasteiger partial charge in [-0.3, -0.25) is 0 Å². The number of hydrogen-bond donors (Lipinski definition) is 1. The van der Waals surface area contributed by atoms with E-state index >= 15 is 0 Å². The summed E-state index contributed by atoms with van der Waals surface area (Å²) < 4.78 is 43.2. The predicted molar refractivity (Wildman–Crippen MR) is 80.6 cm³/mol. The molecular weight excluding hydrogens is 305 g/mol. The van der Waals surface area contributed by atoms with Crippen LogP contribution in [0.2, 0.25) is 0 Å². The van der Waals surface area contributed by atoms with Gasteiger partial charge < -0.3 is 9.84 Å². The smallest absolute Gasteiger partial charge is 0.378 e. The molecule has 0 radical (unpaired) electrons. The van der Waals surface area contributed by atoms with Gasteiger partial charge in [0.15, 0.2) is 0 Å². The Morgan fingerprint density at radius 2 is 1.65 bits per heavy atom. The molecule has 3 rings (SSSR count). The van der Waals surface area contributed by atoms with Crippen LogP contribution in [0, 0.1) is 0 Å². The summed E-state index contributed by atoms with van der Waals surface area (Å²) in [6.07, 6.45) is -2.67. The number of alkyl halides is 3. The van der Waals surface area contributed by atoms with Gasteiger partial charge >= 0.3 is 6.18 Å². The Morgan fingerprint density at radius 3 is 2.26 bits per heavy atom. The van der Waals surface area contributed by atoms with Gasteiger partial charge in [-0.2, -0.15) is 13.2 Å². The second-order valence-corrected chi connectivity index (χ2v) is 5.51. The lowest BCUT2D eigenvalue weighted by Gasteiger charge is -2.23. The Balaban J connectivity index is 1.92. The SMILES string of the molecule is O[C@]1(c2ccccc2)COC/C1=C\c1ccc(C(F)(F)F)cc1. The van der Waals surface area contributed by atoms with Crippen molar-refractivity contribution in [3.8, 4) is 0 Å². The van der Waals surface area contributed by atoms with Gasteiger partial charge in [-0.05, 0) is 28.8 Å². The zero-order valence-corrected chi connectivity index (χ0v) is 12.2. The molecule has 1 heterocycles. The number of halogens is 3. The summed E-state index contributed by atoms with van der Waals surface area (Å²) in [6, 6.07) is 13.9. The lowest BCUT2D eigenvalue weighted by molar-refractivity contribution is -0.137. The fourth-order valence-electron chi connectivity index (χ4n) is 2.63. The molecule has 1 N–H and O–H groups in total. The van der Waals surface area contributed by atoms with Gasteiger partial charge in [-0.1, -0.05) is 48.5 Å². The molecule has 2 aromatic carbocycles. The number of aliphatic hydroxyl groups is 1. The van der Waals surface area contributed by atoms with E-state index in [1.165, 1.54) is 12.1 Å². The van der Waals surface area contributed by atoms with Crippen LogP contribution in [-0.2, 0) is 16.5 Å². The average Bonchev–Trinajstić information content (AvgIpc) is 2.90. The van der Waals surface area contributed by atoms with Crippen molar-refractivity contribution in [1.82, 2.24) is 0 Å². The molecule has 1 saturated heterocycles. The highest BCUT2D eigenvalue weighted by atomic mass is 19.4. The van der Waals surface area contributed by atoms with Gasteiger partial charge in [-0.25, -0.2) is 0 Å². The van der Waals surface area contributed by atoms with Crippen LogP contribution in [0.1, 0.15) is 16.7 Å². The van der Waals surface area contributed by atoms with E-state index < -0.39 is 17.3 Å². The monoisotopic (exact) mass is 320 g/mol. The third-order valence-corrected chi connectivity index (χ3v) is 3.93. The van der Waals surface area contributed by atoms with E-state index in [0.717, 1.165) is 12.1 Å². The van der Waals surface area contributed by atoms with Crippen LogP contribution in [-0.4, -0.2) is 18.3 Å². The van der Waals surface area contributed by atoms with Crippen molar-refractivity contribution < 1.29 is 23.0 Å². The van der Waals surface area contributed by atoms with E-state index in [0.29, 0.717) is 16.7 Å². The highest BCUT2D eigenvalue weighted by Gasteiger charge is 2.39. The first-order valence-corrected chi connectivity index (χ1v) is 7.13. The molecule has 0 unspecified atom stereocenters. The number of rotatable bonds is 2. The second kappa shape index (κ2) is 5.83. The van der Waals surface area contributed by atoms with Crippen molar-refractivity contribution in [3.05, 3.63) is 76.9 Å². The van der Waals surface area contributed by atoms with Crippen molar-refractivity contribution in [2.75, 3.05) is 13.2 Å². The molecular formula is C18H15F3O2. The second-order valence-electron chi connectivity index (χ2n) is 5.51. The summed E-state index contributed by atoms with van der Waals surface area (Å²) in [6.45, 7) is 0.371. The molecule has 0 spiro atoms. The van der Waals surface area contributed by atoms with Gasteiger partial charge in [0, 0.05) is 0 Å². The fourth-order valence-corrected chi connectivity index (χ4v) is 2.63. The van der Waals surface area contributed by atoms with E-state index in [9.17, 15) is 18.3 Å². The normalized spacial score (nSPS) is 23.4. The molecule has 2 nitrogen and oxygen atoms in total. The minimum atomic E-state index is -4.35. The Hall–Kier alpha value is -2.11. The van der Waals surface area contributed by atoms with Crippen LogP contribution in [0.4, 0.5) is 13.2 Å². The summed E-state index contributed by atoms with van der Waals surface area (Å²) in [5.41, 5.74) is -0.0168. The maximum atomic E-state index is 12.6. The molecule has 1 fully saturated rings. The van der Waals surface area contributed by atoms with Crippen LogP contribution in [0.15, 0.2) is 60.2 Å². The lowest BCUT2D eigenvalue weighted by Crippen LogP contribution is -2.27. The highest BCUT2D eigenvalue weighted by Crippen LogP contribution is 2.36. The predicted octanol–water partition coefficient (Wildman–Crippen LogP) is 4.01. The zero-order valence-electron chi connectivity index (χ0n) is 12.2. The maximum Gasteiger partial charge on any atom is 0.416 e. The summed E-state index contributed by atoms with van der Waals surface area (Å²) in [5, 5.41) is 10.9. The molecule has 1 aliphatic heterocycles. The molecule has 0 aromatic heterocycles. The first kappa shape index (κ1) is 15.8.